The number of hydrogen-bond acceptors (Lipinski definition) is 5. The van der Waals surface area contributed by atoms with E-state index in [1.165, 1.54) is 4.90 Å². The lowest BCUT2D eigenvalue weighted by molar-refractivity contribution is -0.124. The van der Waals surface area contributed by atoms with Gasteiger partial charge in [-0.15, -0.1) is 0 Å². The molecule has 3 aromatic carbocycles. The Morgan fingerprint density at radius 1 is 1.06 bits per heavy atom. The van der Waals surface area contributed by atoms with Crippen molar-refractivity contribution in [1.82, 2.24) is 4.90 Å². The summed E-state index contributed by atoms with van der Waals surface area (Å²) in [7, 11) is 0. The standard InChI is InChI=1S/C27H26ClNO4S/c1-4-17(3)29-26(30)24(34-27(29)31)15-18-13-22(28)25(23(14-18)32-5-2)33-16-20-11-8-10-19-9-6-7-12-21(19)20/h6-15,17H,4-5,16H2,1-3H3/b24-15+/t17-/m0/s1. The van der Waals surface area contributed by atoms with Crippen LogP contribution in [0.5, 0.6) is 11.5 Å². The van der Waals surface area contributed by atoms with Crippen LogP contribution in [0.1, 0.15) is 38.3 Å². The first-order valence-electron chi connectivity index (χ1n) is 11.3. The van der Waals surface area contributed by atoms with E-state index in [0.29, 0.717) is 46.6 Å². The van der Waals surface area contributed by atoms with Crippen molar-refractivity contribution in [3.8, 4) is 11.5 Å². The number of imide groups is 1. The van der Waals surface area contributed by atoms with Gasteiger partial charge in [-0.2, -0.15) is 0 Å². The highest BCUT2D eigenvalue weighted by Gasteiger charge is 2.37. The van der Waals surface area contributed by atoms with Gasteiger partial charge in [0.1, 0.15) is 6.61 Å². The zero-order valence-electron chi connectivity index (χ0n) is 19.3. The number of carbonyl (C=O) groups excluding carboxylic acids is 2. The molecule has 1 heterocycles. The van der Waals surface area contributed by atoms with Crippen LogP contribution >= 0.6 is 23.4 Å². The summed E-state index contributed by atoms with van der Waals surface area (Å²) in [6.07, 6.45) is 2.38. The summed E-state index contributed by atoms with van der Waals surface area (Å²) in [6.45, 7) is 6.45. The SMILES string of the molecule is CCOc1cc(/C=C2/SC(=O)N([C@@H](C)CC)C2=O)cc(Cl)c1OCc1cccc2ccccc12. The maximum atomic E-state index is 12.8. The molecule has 7 heteroatoms. The predicted molar refractivity (Wildman–Crippen MR) is 138 cm³/mol. The zero-order valence-corrected chi connectivity index (χ0v) is 20.9. The van der Waals surface area contributed by atoms with Crippen molar-refractivity contribution >= 4 is 51.4 Å². The average Bonchev–Trinajstić information content (AvgIpc) is 3.10. The molecule has 0 bridgehead atoms. The first-order valence-corrected chi connectivity index (χ1v) is 12.4. The fourth-order valence-corrected chi connectivity index (χ4v) is 5.04. The van der Waals surface area contributed by atoms with Crippen LogP contribution < -0.4 is 9.47 Å². The van der Waals surface area contributed by atoms with Crippen LogP contribution in [-0.4, -0.2) is 28.7 Å². The van der Waals surface area contributed by atoms with Gasteiger partial charge in [-0.25, -0.2) is 0 Å². The number of ether oxygens (including phenoxy) is 2. The van der Waals surface area contributed by atoms with Crippen LogP contribution in [0.2, 0.25) is 5.02 Å². The Balaban J connectivity index is 1.62. The molecule has 1 fully saturated rings. The van der Waals surface area contributed by atoms with Crippen molar-refractivity contribution in [3.63, 3.8) is 0 Å². The second-order valence-corrected chi connectivity index (χ2v) is 9.40. The van der Waals surface area contributed by atoms with Gasteiger partial charge in [0.15, 0.2) is 11.5 Å². The van der Waals surface area contributed by atoms with E-state index in [-0.39, 0.29) is 17.2 Å². The third-order valence-corrected chi connectivity index (χ3v) is 6.90. The molecule has 0 aromatic heterocycles. The second-order valence-electron chi connectivity index (χ2n) is 8.00. The molecule has 5 nitrogen and oxygen atoms in total. The van der Waals surface area contributed by atoms with E-state index in [2.05, 4.69) is 18.2 Å². The highest BCUT2D eigenvalue weighted by atomic mass is 35.5. The second kappa shape index (κ2) is 10.5. The maximum Gasteiger partial charge on any atom is 0.293 e. The lowest BCUT2D eigenvalue weighted by atomic mass is 10.1. The van der Waals surface area contributed by atoms with Gasteiger partial charge in [0.05, 0.1) is 16.5 Å². The lowest BCUT2D eigenvalue weighted by Crippen LogP contribution is -2.36. The predicted octanol–water partition coefficient (Wildman–Crippen LogP) is 7.31. The molecule has 176 valence electrons. The molecule has 34 heavy (non-hydrogen) atoms. The van der Waals surface area contributed by atoms with Gasteiger partial charge in [-0.3, -0.25) is 14.5 Å². The van der Waals surface area contributed by atoms with Crippen molar-refractivity contribution in [2.75, 3.05) is 6.61 Å². The van der Waals surface area contributed by atoms with Crippen molar-refractivity contribution < 1.29 is 19.1 Å². The first-order chi connectivity index (χ1) is 16.4. The van der Waals surface area contributed by atoms with Gasteiger partial charge in [0.25, 0.3) is 11.1 Å². The summed E-state index contributed by atoms with van der Waals surface area (Å²) < 4.78 is 11.9. The molecular formula is C27H26ClNO4S. The summed E-state index contributed by atoms with van der Waals surface area (Å²) in [4.78, 5) is 26.8. The molecule has 1 aliphatic heterocycles. The summed E-state index contributed by atoms with van der Waals surface area (Å²) in [6, 6.07) is 17.6. The Kier molecular flexibility index (Phi) is 7.49. The van der Waals surface area contributed by atoms with E-state index in [0.717, 1.165) is 28.1 Å². The quantitative estimate of drug-likeness (QED) is 0.307. The fraction of sp³-hybridized carbons (Fsp3) is 0.259. The van der Waals surface area contributed by atoms with Crippen LogP contribution in [0.4, 0.5) is 4.79 Å². The third kappa shape index (κ3) is 4.93. The summed E-state index contributed by atoms with van der Waals surface area (Å²) >= 11 is 7.55. The van der Waals surface area contributed by atoms with Gasteiger partial charge in [-0.1, -0.05) is 61.0 Å². The summed E-state index contributed by atoms with van der Waals surface area (Å²) in [5.41, 5.74) is 1.71. The monoisotopic (exact) mass is 495 g/mol. The number of nitrogens with zero attached hydrogens (tertiary/aromatic N) is 1. The van der Waals surface area contributed by atoms with Crippen molar-refractivity contribution in [2.24, 2.45) is 0 Å². The van der Waals surface area contributed by atoms with Gasteiger partial charge in [0.2, 0.25) is 0 Å². The normalized spacial score (nSPS) is 15.9. The number of thioether (sulfide) groups is 1. The highest BCUT2D eigenvalue weighted by Crippen LogP contribution is 2.40. The number of benzene rings is 3. The van der Waals surface area contributed by atoms with Gasteiger partial charge < -0.3 is 9.47 Å². The molecule has 0 spiro atoms. The van der Waals surface area contributed by atoms with Crippen molar-refractivity contribution in [1.29, 1.82) is 0 Å². The minimum Gasteiger partial charge on any atom is -0.490 e. The van der Waals surface area contributed by atoms with Gasteiger partial charge in [-0.05, 0) is 72.1 Å². The Morgan fingerprint density at radius 3 is 2.59 bits per heavy atom. The molecule has 0 N–H and O–H groups in total. The van der Waals surface area contributed by atoms with Crippen LogP contribution in [0.25, 0.3) is 16.8 Å². The van der Waals surface area contributed by atoms with Crippen molar-refractivity contribution in [3.05, 3.63) is 75.7 Å². The number of hydrogen-bond donors (Lipinski definition) is 0. The minimum absolute atomic E-state index is 0.147. The van der Waals surface area contributed by atoms with E-state index >= 15 is 0 Å². The molecule has 0 radical (unpaired) electrons. The number of rotatable bonds is 8. The molecule has 0 aliphatic carbocycles. The molecule has 0 saturated carbocycles. The van der Waals surface area contributed by atoms with Crippen LogP contribution in [-0.2, 0) is 11.4 Å². The van der Waals surface area contributed by atoms with E-state index in [9.17, 15) is 9.59 Å². The molecule has 1 saturated heterocycles. The first kappa shape index (κ1) is 24.2. The van der Waals surface area contributed by atoms with E-state index in [1.807, 2.05) is 45.0 Å². The number of fused-ring (bicyclic) bond motifs is 1. The number of carbonyl (C=O) groups is 2. The molecule has 4 rings (SSSR count). The zero-order chi connectivity index (χ0) is 24.2. The summed E-state index contributed by atoms with van der Waals surface area (Å²) in [5, 5.41) is 2.38. The molecule has 1 aliphatic rings. The molecule has 3 aromatic rings. The van der Waals surface area contributed by atoms with E-state index < -0.39 is 0 Å². The van der Waals surface area contributed by atoms with Crippen LogP contribution in [0.3, 0.4) is 0 Å². The molecule has 1 atom stereocenters. The van der Waals surface area contributed by atoms with Gasteiger partial charge >= 0.3 is 0 Å². The topological polar surface area (TPSA) is 55.8 Å². The number of halogens is 1. The largest absolute Gasteiger partial charge is 0.490 e. The maximum absolute atomic E-state index is 12.8. The highest BCUT2D eigenvalue weighted by molar-refractivity contribution is 8.18. The van der Waals surface area contributed by atoms with E-state index in [1.54, 1.807) is 18.2 Å². The molecule has 0 unspecified atom stereocenters. The number of amides is 2. The van der Waals surface area contributed by atoms with Crippen molar-refractivity contribution in [2.45, 2.75) is 39.8 Å². The Morgan fingerprint density at radius 2 is 1.82 bits per heavy atom. The smallest absolute Gasteiger partial charge is 0.293 e. The van der Waals surface area contributed by atoms with Crippen LogP contribution in [0.15, 0.2) is 59.5 Å². The van der Waals surface area contributed by atoms with Gasteiger partial charge in [0, 0.05) is 6.04 Å². The molecule has 2 amide bonds. The minimum atomic E-state index is -0.283. The Hall–Kier alpha value is -2.96. The third-order valence-electron chi connectivity index (χ3n) is 5.74. The summed E-state index contributed by atoms with van der Waals surface area (Å²) in [5.74, 6) is 0.652. The molecular weight excluding hydrogens is 470 g/mol. The lowest BCUT2D eigenvalue weighted by Gasteiger charge is -2.19. The average molecular weight is 496 g/mol. The Labute approximate surface area is 208 Å². The van der Waals surface area contributed by atoms with Crippen LogP contribution in [0, 0.1) is 0 Å². The van der Waals surface area contributed by atoms with E-state index in [4.69, 9.17) is 21.1 Å². The fourth-order valence-electron chi connectivity index (χ4n) is 3.84. The Bertz CT molecular complexity index is 1270.